The number of hydrogen-bond donors (Lipinski definition) is 2. The van der Waals surface area contributed by atoms with E-state index < -0.39 is 0 Å². The fourth-order valence-electron chi connectivity index (χ4n) is 3.30. The van der Waals surface area contributed by atoms with Crippen molar-refractivity contribution in [2.45, 2.75) is 45.6 Å². The highest BCUT2D eigenvalue weighted by Crippen LogP contribution is 2.25. The van der Waals surface area contributed by atoms with Crippen LogP contribution in [-0.2, 0) is 0 Å². The van der Waals surface area contributed by atoms with Gasteiger partial charge in [-0.25, -0.2) is 9.98 Å². The average Bonchev–Trinajstić information content (AvgIpc) is 3.22. The van der Waals surface area contributed by atoms with E-state index in [9.17, 15) is 0 Å². The van der Waals surface area contributed by atoms with Gasteiger partial charge in [0.05, 0.1) is 6.54 Å². The summed E-state index contributed by atoms with van der Waals surface area (Å²) in [4.78, 5) is 11.4. The minimum absolute atomic E-state index is 0. The topological polar surface area (TPSA) is 78.4 Å². The Morgan fingerprint density at radius 1 is 1.32 bits per heavy atom. The van der Waals surface area contributed by atoms with E-state index in [4.69, 9.17) is 9.73 Å². The van der Waals surface area contributed by atoms with Crippen molar-refractivity contribution >= 4 is 29.9 Å². The maximum absolute atomic E-state index is 5.98. The first-order valence-electron chi connectivity index (χ1n) is 9.77. The lowest BCUT2D eigenvalue weighted by atomic mass is 9.96. The molecular weight excluding hydrogens is 467 g/mol. The van der Waals surface area contributed by atoms with Crippen molar-refractivity contribution in [3.63, 3.8) is 0 Å². The maximum atomic E-state index is 5.98. The number of rotatable bonds is 6. The van der Waals surface area contributed by atoms with E-state index in [1.165, 1.54) is 5.56 Å². The molecule has 0 saturated carbocycles. The van der Waals surface area contributed by atoms with E-state index in [1.54, 1.807) is 6.33 Å². The third kappa shape index (κ3) is 6.35. The smallest absolute Gasteiger partial charge is 0.194 e. The van der Waals surface area contributed by atoms with Crippen molar-refractivity contribution < 1.29 is 4.74 Å². The highest BCUT2D eigenvalue weighted by Gasteiger charge is 2.24. The zero-order valence-corrected chi connectivity index (χ0v) is 19.2. The van der Waals surface area contributed by atoms with Crippen LogP contribution < -0.4 is 10.1 Å². The molecule has 3 rings (SSSR count). The minimum atomic E-state index is 0. The van der Waals surface area contributed by atoms with E-state index in [0.29, 0.717) is 12.5 Å². The van der Waals surface area contributed by atoms with Crippen molar-refractivity contribution in [3.8, 4) is 5.75 Å². The molecule has 0 amide bonds. The molecule has 0 aliphatic carbocycles. The number of aliphatic imine (C=N–C) groups is 1. The number of nitrogens with one attached hydrogen (secondary N) is 2. The Hall–Kier alpha value is -1.84. The molecule has 0 radical (unpaired) electrons. The van der Waals surface area contributed by atoms with Crippen LogP contribution in [0.3, 0.4) is 0 Å². The molecule has 2 N–H and O–H groups in total. The fraction of sp³-hybridized carbons (Fsp3) is 0.550. The van der Waals surface area contributed by atoms with E-state index in [0.717, 1.165) is 50.0 Å². The molecule has 0 spiro atoms. The molecule has 1 atom stereocenters. The maximum Gasteiger partial charge on any atom is 0.194 e. The lowest BCUT2D eigenvalue weighted by Crippen LogP contribution is -2.45. The first-order chi connectivity index (χ1) is 13.2. The standard InChI is InChI=1S/C20H30N6O.HI/c1-4-21-20(22-13-16(3)27-18-7-5-15(2)6-8-18)26-11-9-17(10-12-26)19-23-14-24-25-19;/h5-8,14,16-17H,4,9-13H2,1-3H3,(H,21,22)(H,23,24,25);1H. The number of guanidine groups is 1. The first kappa shape index (κ1) is 22.4. The molecule has 28 heavy (non-hydrogen) atoms. The third-order valence-corrected chi connectivity index (χ3v) is 4.81. The van der Waals surface area contributed by atoms with Gasteiger partial charge in [-0.2, -0.15) is 5.10 Å². The summed E-state index contributed by atoms with van der Waals surface area (Å²) in [5.41, 5.74) is 1.23. The number of likely N-dealkylation sites (tertiary alicyclic amines) is 1. The number of H-pyrrole nitrogens is 1. The van der Waals surface area contributed by atoms with Crippen LogP contribution in [0.25, 0.3) is 0 Å². The number of nitrogens with zero attached hydrogens (tertiary/aromatic N) is 4. The first-order valence-corrected chi connectivity index (χ1v) is 9.77. The molecule has 7 nitrogen and oxygen atoms in total. The SMILES string of the molecule is CCNC(=NCC(C)Oc1ccc(C)cc1)N1CCC(c2ncn[nH]2)CC1.I. The zero-order valence-electron chi connectivity index (χ0n) is 16.9. The highest BCUT2D eigenvalue weighted by molar-refractivity contribution is 14.0. The third-order valence-electron chi connectivity index (χ3n) is 4.81. The lowest BCUT2D eigenvalue weighted by molar-refractivity contribution is 0.228. The van der Waals surface area contributed by atoms with Crippen LogP contribution in [0.2, 0.25) is 0 Å². The predicted molar refractivity (Wildman–Crippen MR) is 123 cm³/mol. The summed E-state index contributed by atoms with van der Waals surface area (Å²) in [5, 5.41) is 10.4. The van der Waals surface area contributed by atoms with Gasteiger partial charge in [-0.1, -0.05) is 17.7 Å². The van der Waals surface area contributed by atoms with Crippen LogP contribution >= 0.6 is 24.0 Å². The molecule has 2 heterocycles. The van der Waals surface area contributed by atoms with Crippen LogP contribution in [0.15, 0.2) is 35.6 Å². The van der Waals surface area contributed by atoms with Crippen molar-refractivity contribution in [2.75, 3.05) is 26.2 Å². The number of hydrogen-bond acceptors (Lipinski definition) is 4. The number of aryl methyl sites for hydroxylation is 1. The van der Waals surface area contributed by atoms with Crippen LogP contribution in [-0.4, -0.2) is 58.3 Å². The second-order valence-corrected chi connectivity index (χ2v) is 7.07. The van der Waals surface area contributed by atoms with Gasteiger partial charge in [-0.3, -0.25) is 5.10 Å². The van der Waals surface area contributed by atoms with Crippen molar-refractivity contribution in [1.82, 2.24) is 25.4 Å². The summed E-state index contributed by atoms with van der Waals surface area (Å²) in [6, 6.07) is 8.15. The van der Waals surface area contributed by atoms with Gasteiger partial charge in [0.2, 0.25) is 0 Å². The van der Waals surface area contributed by atoms with Crippen molar-refractivity contribution in [3.05, 3.63) is 42.0 Å². The molecule has 1 aromatic heterocycles. The monoisotopic (exact) mass is 498 g/mol. The molecular formula is C20H31IN6O. The lowest BCUT2D eigenvalue weighted by Gasteiger charge is -2.33. The molecule has 154 valence electrons. The minimum Gasteiger partial charge on any atom is -0.489 e. The number of piperidine rings is 1. The summed E-state index contributed by atoms with van der Waals surface area (Å²) in [6.07, 6.45) is 3.71. The van der Waals surface area contributed by atoms with Crippen molar-refractivity contribution in [2.24, 2.45) is 4.99 Å². The molecule has 1 fully saturated rings. The van der Waals surface area contributed by atoms with Gasteiger partial charge in [0.25, 0.3) is 0 Å². The molecule has 8 heteroatoms. The average molecular weight is 498 g/mol. The van der Waals surface area contributed by atoms with E-state index in [-0.39, 0.29) is 30.1 Å². The molecule has 1 unspecified atom stereocenters. The van der Waals surface area contributed by atoms with Crippen LogP contribution in [0.5, 0.6) is 5.75 Å². The summed E-state index contributed by atoms with van der Waals surface area (Å²) >= 11 is 0. The largest absolute Gasteiger partial charge is 0.489 e. The van der Waals surface area contributed by atoms with Gasteiger partial charge in [0.15, 0.2) is 5.96 Å². The van der Waals surface area contributed by atoms with Gasteiger partial charge in [0, 0.05) is 25.6 Å². The second-order valence-electron chi connectivity index (χ2n) is 7.07. The van der Waals surface area contributed by atoms with Gasteiger partial charge >= 0.3 is 0 Å². The van der Waals surface area contributed by atoms with Gasteiger partial charge in [0.1, 0.15) is 24.0 Å². The van der Waals surface area contributed by atoms with E-state index in [2.05, 4.69) is 58.3 Å². The molecule has 1 aliphatic rings. The Morgan fingerprint density at radius 2 is 2.04 bits per heavy atom. The highest BCUT2D eigenvalue weighted by atomic mass is 127. The van der Waals surface area contributed by atoms with Gasteiger partial charge in [-0.15, -0.1) is 24.0 Å². The molecule has 0 bridgehead atoms. The summed E-state index contributed by atoms with van der Waals surface area (Å²) in [7, 11) is 0. The summed E-state index contributed by atoms with van der Waals surface area (Å²) in [5.74, 6) is 3.31. The predicted octanol–water partition coefficient (Wildman–Crippen LogP) is 3.34. The number of aromatic nitrogens is 3. The summed E-state index contributed by atoms with van der Waals surface area (Å²) < 4.78 is 5.98. The Balaban J connectivity index is 0.00000280. The van der Waals surface area contributed by atoms with Crippen LogP contribution in [0.4, 0.5) is 0 Å². The Kier molecular flexibility index (Phi) is 9.01. The van der Waals surface area contributed by atoms with Crippen LogP contribution in [0, 0.1) is 6.92 Å². The van der Waals surface area contributed by atoms with Gasteiger partial charge in [-0.05, 0) is 45.7 Å². The molecule has 2 aromatic rings. The van der Waals surface area contributed by atoms with E-state index >= 15 is 0 Å². The number of aromatic amines is 1. The fourth-order valence-corrected chi connectivity index (χ4v) is 3.30. The quantitative estimate of drug-likeness (QED) is 0.363. The Morgan fingerprint density at radius 3 is 2.64 bits per heavy atom. The molecule has 1 aliphatic heterocycles. The molecule has 1 aromatic carbocycles. The van der Waals surface area contributed by atoms with E-state index in [1.807, 2.05) is 12.1 Å². The number of halogens is 1. The summed E-state index contributed by atoms with van der Waals surface area (Å²) in [6.45, 7) is 9.64. The normalized spacial score (nSPS) is 16.4. The van der Waals surface area contributed by atoms with Crippen LogP contribution in [0.1, 0.15) is 44.0 Å². The van der Waals surface area contributed by atoms with Crippen molar-refractivity contribution in [1.29, 1.82) is 0 Å². The Bertz CT molecular complexity index is 711. The number of benzene rings is 1. The zero-order chi connectivity index (χ0) is 19.1. The Labute approximate surface area is 184 Å². The second kappa shape index (κ2) is 11.2. The molecule has 1 saturated heterocycles. The van der Waals surface area contributed by atoms with Gasteiger partial charge < -0.3 is 15.0 Å². The number of ether oxygens (including phenoxy) is 1.